The normalized spacial score (nSPS) is 13.1. The molecule has 0 amide bonds. The van der Waals surface area contributed by atoms with Crippen molar-refractivity contribution in [1.29, 1.82) is 0 Å². The maximum absolute atomic E-state index is 13.3. The summed E-state index contributed by atoms with van der Waals surface area (Å²) in [7, 11) is 1.37. The Hall–Kier alpha value is -2.12. The van der Waals surface area contributed by atoms with Crippen LogP contribution in [0, 0.1) is 0 Å². The molecule has 2 heterocycles. The third kappa shape index (κ3) is 3.66. The highest BCUT2D eigenvalue weighted by molar-refractivity contribution is 7.99. The number of aromatic nitrogens is 2. The molecule has 0 unspecified atom stereocenters. The number of hydrogen-bond acceptors (Lipinski definition) is 6. The Morgan fingerprint density at radius 1 is 1.30 bits per heavy atom. The molecule has 4 rings (SSSR count). The van der Waals surface area contributed by atoms with Crippen LogP contribution in [0.15, 0.2) is 40.3 Å². The van der Waals surface area contributed by atoms with E-state index in [-0.39, 0.29) is 17.3 Å². The minimum Gasteiger partial charge on any atom is -0.468 e. The highest BCUT2D eigenvalue weighted by Crippen LogP contribution is 2.35. The second-order valence-electron chi connectivity index (χ2n) is 6.49. The molecule has 0 atom stereocenters. The van der Waals surface area contributed by atoms with Crippen LogP contribution in [0.25, 0.3) is 10.2 Å². The zero-order chi connectivity index (χ0) is 18.8. The molecule has 3 aromatic rings. The van der Waals surface area contributed by atoms with E-state index in [9.17, 15) is 9.59 Å². The van der Waals surface area contributed by atoms with E-state index in [1.807, 2.05) is 18.2 Å². The standard InChI is InChI=1S/C20H20N2O3S2/c1-25-16(23)12-26-20-21-18-17(14-8-5-9-15(14)27-18)19(24)22(20)11-10-13-6-3-2-4-7-13/h2-4,6-7H,5,8-12H2,1H3. The largest absolute Gasteiger partial charge is 0.468 e. The fourth-order valence-electron chi connectivity index (χ4n) is 3.43. The molecule has 1 aliphatic carbocycles. The summed E-state index contributed by atoms with van der Waals surface area (Å²) in [6.45, 7) is 0.542. The Kier molecular flexibility index (Phi) is 5.31. The van der Waals surface area contributed by atoms with Crippen molar-refractivity contribution in [3.8, 4) is 0 Å². The topological polar surface area (TPSA) is 61.2 Å². The lowest BCUT2D eigenvalue weighted by Gasteiger charge is -2.12. The highest BCUT2D eigenvalue weighted by Gasteiger charge is 2.23. The van der Waals surface area contributed by atoms with Crippen LogP contribution in [0.1, 0.15) is 22.4 Å². The van der Waals surface area contributed by atoms with E-state index in [0.29, 0.717) is 11.7 Å². The van der Waals surface area contributed by atoms with Gasteiger partial charge in [-0.2, -0.15) is 0 Å². The number of hydrogen-bond donors (Lipinski definition) is 0. The van der Waals surface area contributed by atoms with Crippen LogP contribution in [0.5, 0.6) is 0 Å². The number of benzene rings is 1. The Bertz CT molecular complexity index is 1040. The van der Waals surface area contributed by atoms with Gasteiger partial charge in [0.15, 0.2) is 5.16 Å². The number of nitrogens with zero attached hydrogens (tertiary/aromatic N) is 2. The van der Waals surface area contributed by atoms with Crippen LogP contribution in [0.3, 0.4) is 0 Å². The van der Waals surface area contributed by atoms with E-state index in [1.54, 1.807) is 15.9 Å². The molecule has 1 aromatic carbocycles. The third-order valence-corrected chi connectivity index (χ3v) is 6.94. The van der Waals surface area contributed by atoms with Crippen molar-refractivity contribution < 1.29 is 9.53 Å². The lowest BCUT2D eigenvalue weighted by atomic mass is 10.1. The summed E-state index contributed by atoms with van der Waals surface area (Å²) < 4.78 is 6.47. The Balaban J connectivity index is 1.73. The van der Waals surface area contributed by atoms with Gasteiger partial charge >= 0.3 is 5.97 Å². The van der Waals surface area contributed by atoms with Gasteiger partial charge in [-0.15, -0.1) is 11.3 Å². The van der Waals surface area contributed by atoms with Gasteiger partial charge in [-0.3, -0.25) is 14.2 Å². The highest BCUT2D eigenvalue weighted by atomic mass is 32.2. The maximum Gasteiger partial charge on any atom is 0.316 e. The fourth-order valence-corrected chi connectivity index (χ4v) is 5.59. The van der Waals surface area contributed by atoms with E-state index in [0.717, 1.165) is 35.9 Å². The molecule has 2 aromatic heterocycles. The lowest BCUT2D eigenvalue weighted by molar-refractivity contribution is -0.137. The molecule has 0 saturated heterocycles. The maximum atomic E-state index is 13.3. The first-order valence-corrected chi connectivity index (χ1v) is 10.8. The van der Waals surface area contributed by atoms with Crippen molar-refractivity contribution in [3.05, 3.63) is 56.7 Å². The molecule has 1 aliphatic rings. The number of esters is 1. The molecule has 0 radical (unpaired) electrons. The first kappa shape index (κ1) is 18.3. The molecule has 0 N–H and O–H groups in total. The van der Waals surface area contributed by atoms with Crippen molar-refractivity contribution in [2.45, 2.75) is 37.4 Å². The van der Waals surface area contributed by atoms with Gasteiger partial charge in [0.25, 0.3) is 5.56 Å². The molecule has 27 heavy (non-hydrogen) atoms. The van der Waals surface area contributed by atoms with Crippen LogP contribution >= 0.6 is 23.1 Å². The number of thiophene rings is 1. The molecule has 0 saturated carbocycles. The van der Waals surface area contributed by atoms with Crippen molar-refractivity contribution in [1.82, 2.24) is 9.55 Å². The van der Waals surface area contributed by atoms with Gasteiger partial charge in [-0.1, -0.05) is 42.1 Å². The monoisotopic (exact) mass is 400 g/mol. The molecule has 5 nitrogen and oxygen atoms in total. The molecule has 0 fully saturated rings. The van der Waals surface area contributed by atoms with Crippen LogP contribution < -0.4 is 5.56 Å². The van der Waals surface area contributed by atoms with Crippen molar-refractivity contribution in [3.63, 3.8) is 0 Å². The number of thioether (sulfide) groups is 1. The molecule has 0 spiro atoms. The van der Waals surface area contributed by atoms with Crippen molar-refractivity contribution in [2.24, 2.45) is 0 Å². The van der Waals surface area contributed by atoms with Gasteiger partial charge in [-0.25, -0.2) is 4.98 Å². The van der Waals surface area contributed by atoms with Gasteiger partial charge in [-0.05, 0) is 36.8 Å². The van der Waals surface area contributed by atoms with Crippen molar-refractivity contribution in [2.75, 3.05) is 12.9 Å². The molecule has 140 valence electrons. The van der Waals surface area contributed by atoms with E-state index in [4.69, 9.17) is 9.72 Å². The predicted octanol–water partition coefficient (Wildman–Crippen LogP) is 3.45. The van der Waals surface area contributed by atoms with Gasteiger partial charge in [0, 0.05) is 11.4 Å². The Labute approximate surface area is 165 Å². The van der Waals surface area contributed by atoms with E-state index >= 15 is 0 Å². The average molecular weight is 401 g/mol. The lowest BCUT2D eigenvalue weighted by Crippen LogP contribution is -2.25. The summed E-state index contributed by atoms with van der Waals surface area (Å²) in [6, 6.07) is 10.1. The molecule has 0 aliphatic heterocycles. The second-order valence-corrected chi connectivity index (χ2v) is 8.52. The van der Waals surface area contributed by atoms with Gasteiger partial charge in [0.1, 0.15) is 4.83 Å². The average Bonchev–Trinajstić information content (AvgIpc) is 3.27. The number of carbonyl (C=O) groups is 1. The zero-order valence-electron chi connectivity index (χ0n) is 15.1. The Morgan fingerprint density at radius 2 is 2.11 bits per heavy atom. The quantitative estimate of drug-likeness (QED) is 0.360. The summed E-state index contributed by atoms with van der Waals surface area (Å²) in [5, 5.41) is 1.37. The molecule has 7 heteroatoms. The Morgan fingerprint density at radius 3 is 2.89 bits per heavy atom. The summed E-state index contributed by atoms with van der Waals surface area (Å²) >= 11 is 2.89. The van der Waals surface area contributed by atoms with Crippen LogP contribution in [0.2, 0.25) is 0 Å². The summed E-state index contributed by atoms with van der Waals surface area (Å²) in [5.41, 5.74) is 2.37. The van der Waals surface area contributed by atoms with E-state index in [2.05, 4.69) is 12.1 Å². The summed E-state index contributed by atoms with van der Waals surface area (Å²) in [4.78, 5) is 31.7. The number of carbonyl (C=O) groups excluding carboxylic acids is 1. The first-order chi connectivity index (χ1) is 13.2. The number of methoxy groups -OCH3 is 1. The number of ether oxygens (including phenoxy) is 1. The summed E-state index contributed by atoms with van der Waals surface area (Å²) in [5.74, 6) is -0.178. The first-order valence-electron chi connectivity index (χ1n) is 8.96. The number of rotatable bonds is 6. The molecule has 0 bridgehead atoms. The zero-order valence-corrected chi connectivity index (χ0v) is 16.7. The van der Waals surface area contributed by atoms with Gasteiger partial charge in [0.2, 0.25) is 0 Å². The minimum atomic E-state index is -0.322. The van der Waals surface area contributed by atoms with Gasteiger partial charge in [0.05, 0.1) is 18.2 Å². The summed E-state index contributed by atoms with van der Waals surface area (Å²) in [6.07, 6.45) is 3.84. The van der Waals surface area contributed by atoms with E-state index < -0.39 is 0 Å². The number of aryl methyl sites for hydroxylation is 3. The van der Waals surface area contributed by atoms with Crippen LogP contribution in [-0.4, -0.2) is 28.4 Å². The minimum absolute atomic E-state index is 0.0164. The third-order valence-electron chi connectivity index (χ3n) is 4.80. The number of fused-ring (bicyclic) bond motifs is 3. The van der Waals surface area contributed by atoms with Crippen LogP contribution in [-0.2, 0) is 35.3 Å². The SMILES string of the molecule is COC(=O)CSc1nc2sc3c(c2c(=O)n1CCc1ccccc1)CCC3. The van der Waals surface area contributed by atoms with Crippen molar-refractivity contribution >= 4 is 39.3 Å². The smallest absolute Gasteiger partial charge is 0.316 e. The second kappa shape index (κ2) is 7.86. The fraction of sp³-hybridized carbons (Fsp3) is 0.350. The van der Waals surface area contributed by atoms with Gasteiger partial charge < -0.3 is 4.74 Å². The van der Waals surface area contributed by atoms with Crippen LogP contribution in [0.4, 0.5) is 0 Å². The predicted molar refractivity (Wildman–Crippen MR) is 109 cm³/mol. The molecular formula is C20H20N2O3S2. The van der Waals surface area contributed by atoms with E-state index in [1.165, 1.54) is 34.9 Å². The molecular weight excluding hydrogens is 380 g/mol.